The highest BCUT2D eigenvalue weighted by Crippen LogP contribution is 2.22. The van der Waals surface area contributed by atoms with Crippen LogP contribution in [0.4, 0.5) is 0 Å². The lowest BCUT2D eigenvalue weighted by molar-refractivity contribution is -0.140. The maximum Gasteiger partial charge on any atom is 0.242 e. The van der Waals surface area contributed by atoms with Gasteiger partial charge in [0.2, 0.25) is 21.8 Å². The van der Waals surface area contributed by atoms with Gasteiger partial charge in [-0.3, -0.25) is 9.59 Å². The minimum Gasteiger partial charge on any atom is -0.351 e. The minimum absolute atomic E-state index is 0.0413. The van der Waals surface area contributed by atoms with E-state index in [0.717, 1.165) is 24.0 Å². The molecule has 3 rings (SSSR count). The number of nitrogens with zero attached hydrogens (tertiary/aromatic N) is 1. The van der Waals surface area contributed by atoms with Crippen molar-refractivity contribution in [2.45, 2.75) is 56.1 Å². The molecule has 182 valence electrons. The molecule has 2 aromatic carbocycles. The number of benzene rings is 2. The van der Waals surface area contributed by atoms with Crippen molar-refractivity contribution in [3.8, 4) is 0 Å². The van der Waals surface area contributed by atoms with E-state index in [1.807, 2.05) is 12.1 Å². The molecular formula is C25H30ClN3O4S. The van der Waals surface area contributed by atoms with Gasteiger partial charge in [-0.15, -0.1) is 6.58 Å². The third-order valence-corrected chi connectivity index (χ3v) is 7.40. The van der Waals surface area contributed by atoms with Crippen LogP contribution in [0.1, 0.15) is 37.3 Å². The molecule has 0 radical (unpaired) electrons. The standard InChI is InChI=1S/C25H30ClN3O4S/c1-3-16-27-25(31)18(2)29(17-20-4-9-21(26)10-5-20)24(30)15-8-19-6-13-23(14-7-19)34(32,33)28-22-11-12-22/h3-7,9-10,13-14,18,22,28H,1,8,11-12,15-17H2,2H3,(H,27,31)/t18-/m1/s1. The van der Waals surface area contributed by atoms with E-state index < -0.39 is 16.1 Å². The maximum absolute atomic E-state index is 13.2. The van der Waals surface area contributed by atoms with Gasteiger partial charge < -0.3 is 10.2 Å². The summed E-state index contributed by atoms with van der Waals surface area (Å²) in [4.78, 5) is 27.5. The Morgan fingerprint density at radius 2 is 1.74 bits per heavy atom. The largest absolute Gasteiger partial charge is 0.351 e. The predicted octanol–water partition coefficient (Wildman–Crippen LogP) is 3.43. The Labute approximate surface area is 206 Å². The van der Waals surface area contributed by atoms with E-state index in [-0.39, 0.29) is 35.7 Å². The zero-order valence-corrected chi connectivity index (χ0v) is 20.7. The fourth-order valence-corrected chi connectivity index (χ4v) is 4.84. The van der Waals surface area contributed by atoms with Gasteiger partial charge in [0.05, 0.1) is 4.90 Å². The van der Waals surface area contributed by atoms with Crippen LogP contribution in [-0.2, 0) is 32.6 Å². The third-order valence-electron chi connectivity index (χ3n) is 5.61. The number of amides is 2. The van der Waals surface area contributed by atoms with Gasteiger partial charge in [0.1, 0.15) is 6.04 Å². The summed E-state index contributed by atoms with van der Waals surface area (Å²) in [7, 11) is -3.51. The van der Waals surface area contributed by atoms with Crippen molar-refractivity contribution in [1.29, 1.82) is 0 Å². The molecule has 0 aliphatic heterocycles. The molecule has 0 heterocycles. The van der Waals surface area contributed by atoms with Crippen molar-refractivity contribution in [1.82, 2.24) is 14.9 Å². The Hall–Kier alpha value is -2.68. The van der Waals surface area contributed by atoms with E-state index in [0.29, 0.717) is 18.0 Å². The molecule has 2 amide bonds. The number of halogens is 1. The van der Waals surface area contributed by atoms with E-state index in [9.17, 15) is 18.0 Å². The van der Waals surface area contributed by atoms with Gasteiger partial charge in [-0.1, -0.05) is 41.9 Å². The molecule has 0 aromatic heterocycles. The van der Waals surface area contributed by atoms with Crippen molar-refractivity contribution in [2.24, 2.45) is 0 Å². The van der Waals surface area contributed by atoms with Gasteiger partial charge in [0.15, 0.2) is 0 Å². The number of carbonyl (C=O) groups is 2. The van der Waals surface area contributed by atoms with E-state index in [1.165, 1.54) is 0 Å². The van der Waals surface area contributed by atoms with Crippen molar-refractivity contribution in [3.05, 3.63) is 77.3 Å². The second kappa shape index (κ2) is 11.6. The topological polar surface area (TPSA) is 95.6 Å². The Morgan fingerprint density at radius 1 is 1.12 bits per heavy atom. The molecule has 1 saturated carbocycles. The first-order valence-corrected chi connectivity index (χ1v) is 13.1. The Bertz CT molecular complexity index is 1110. The molecule has 1 aliphatic rings. The quantitative estimate of drug-likeness (QED) is 0.434. The Kier molecular flexibility index (Phi) is 8.88. The molecule has 34 heavy (non-hydrogen) atoms. The van der Waals surface area contributed by atoms with Crippen molar-refractivity contribution < 1.29 is 18.0 Å². The van der Waals surface area contributed by atoms with E-state index in [4.69, 9.17) is 11.6 Å². The number of hydrogen-bond acceptors (Lipinski definition) is 4. The van der Waals surface area contributed by atoms with Gasteiger partial charge in [0.25, 0.3) is 0 Å². The van der Waals surface area contributed by atoms with Crippen molar-refractivity contribution in [2.75, 3.05) is 6.54 Å². The summed E-state index contributed by atoms with van der Waals surface area (Å²) in [5.74, 6) is -0.441. The summed E-state index contributed by atoms with van der Waals surface area (Å²) in [5.41, 5.74) is 1.70. The van der Waals surface area contributed by atoms with Crippen molar-refractivity contribution in [3.63, 3.8) is 0 Å². The molecule has 7 nitrogen and oxygen atoms in total. The van der Waals surface area contributed by atoms with Crippen molar-refractivity contribution >= 4 is 33.4 Å². The number of rotatable bonds is 12. The zero-order chi connectivity index (χ0) is 24.7. The summed E-state index contributed by atoms with van der Waals surface area (Å²) < 4.78 is 27.3. The lowest BCUT2D eigenvalue weighted by Gasteiger charge is -2.29. The van der Waals surface area contributed by atoms with Crippen LogP contribution < -0.4 is 10.0 Å². The van der Waals surface area contributed by atoms with Crippen LogP contribution in [0.2, 0.25) is 5.02 Å². The highest BCUT2D eigenvalue weighted by atomic mass is 35.5. The van der Waals surface area contributed by atoms with E-state index in [2.05, 4.69) is 16.6 Å². The highest BCUT2D eigenvalue weighted by Gasteiger charge is 2.28. The van der Waals surface area contributed by atoms with Gasteiger partial charge >= 0.3 is 0 Å². The lowest BCUT2D eigenvalue weighted by atomic mass is 10.1. The molecule has 9 heteroatoms. The highest BCUT2D eigenvalue weighted by molar-refractivity contribution is 7.89. The summed E-state index contributed by atoms with van der Waals surface area (Å²) in [6.45, 7) is 5.88. The van der Waals surface area contributed by atoms with Crippen LogP contribution in [0.3, 0.4) is 0 Å². The maximum atomic E-state index is 13.2. The average molecular weight is 504 g/mol. The van der Waals surface area contributed by atoms with Crippen LogP contribution in [0.25, 0.3) is 0 Å². The third kappa shape index (κ3) is 7.41. The summed E-state index contributed by atoms with van der Waals surface area (Å²) in [6, 6.07) is 13.1. The second-order valence-corrected chi connectivity index (χ2v) is 10.5. The van der Waals surface area contributed by atoms with Gasteiger partial charge in [-0.2, -0.15) is 0 Å². The SMILES string of the molecule is C=CCNC(=O)[C@@H](C)N(Cc1ccc(Cl)cc1)C(=O)CCc1ccc(S(=O)(=O)NC2CC2)cc1. The Balaban J connectivity index is 1.66. The normalized spacial score (nSPS) is 14.3. The smallest absolute Gasteiger partial charge is 0.242 e. The van der Waals surface area contributed by atoms with Crippen LogP contribution in [-0.4, -0.2) is 43.8 Å². The van der Waals surface area contributed by atoms with Crippen LogP contribution >= 0.6 is 11.6 Å². The molecule has 1 fully saturated rings. The fourth-order valence-electron chi connectivity index (χ4n) is 3.41. The molecule has 1 aliphatic carbocycles. The monoisotopic (exact) mass is 503 g/mol. The number of sulfonamides is 1. The zero-order valence-electron chi connectivity index (χ0n) is 19.2. The first kappa shape index (κ1) is 25.9. The van der Waals surface area contributed by atoms with Gasteiger partial charge in [-0.25, -0.2) is 13.1 Å². The van der Waals surface area contributed by atoms with Gasteiger partial charge in [0, 0.05) is 30.6 Å². The lowest BCUT2D eigenvalue weighted by Crippen LogP contribution is -2.47. The summed E-state index contributed by atoms with van der Waals surface area (Å²) in [5, 5.41) is 3.33. The van der Waals surface area contributed by atoms with E-state index in [1.54, 1.807) is 54.3 Å². The minimum atomic E-state index is -3.51. The molecule has 0 bridgehead atoms. The van der Waals surface area contributed by atoms with Gasteiger partial charge in [-0.05, 0) is 61.6 Å². The average Bonchev–Trinajstić information content (AvgIpc) is 3.63. The molecule has 0 unspecified atom stereocenters. The fraction of sp³-hybridized carbons (Fsp3) is 0.360. The summed E-state index contributed by atoms with van der Waals surface area (Å²) >= 11 is 5.97. The number of aryl methyl sites for hydroxylation is 1. The molecule has 0 saturated heterocycles. The Morgan fingerprint density at radius 3 is 2.32 bits per heavy atom. The molecule has 2 N–H and O–H groups in total. The molecule has 1 atom stereocenters. The first-order chi connectivity index (χ1) is 16.2. The predicted molar refractivity (Wildman–Crippen MR) is 133 cm³/mol. The summed E-state index contributed by atoms with van der Waals surface area (Å²) in [6.07, 6.45) is 3.93. The van der Waals surface area contributed by atoms with Crippen LogP contribution in [0, 0.1) is 0 Å². The number of nitrogens with one attached hydrogen (secondary N) is 2. The second-order valence-electron chi connectivity index (χ2n) is 8.40. The first-order valence-electron chi connectivity index (χ1n) is 11.2. The van der Waals surface area contributed by atoms with Crippen LogP contribution in [0.5, 0.6) is 0 Å². The van der Waals surface area contributed by atoms with E-state index >= 15 is 0 Å². The molecule has 2 aromatic rings. The number of carbonyl (C=O) groups excluding carboxylic acids is 2. The molecule has 0 spiro atoms. The number of hydrogen-bond donors (Lipinski definition) is 2. The van der Waals surface area contributed by atoms with Crippen LogP contribution in [0.15, 0.2) is 66.1 Å². The molecular weight excluding hydrogens is 474 g/mol.